The van der Waals surface area contributed by atoms with Crippen molar-refractivity contribution < 1.29 is 13.9 Å². The Hall–Kier alpha value is -2.64. The number of nitrogens with one attached hydrogen (secondary N) is 2. The van der Waals surface area contributed by atoms with Gasteiger partial charge in [-0.25, -0.2) is 9.37 Å². The van der Waals surface area contributed by atoms with Crippen LogP contribution >= 0.6 is 0 Å². The minimum atomic E-state index is -0.246. The van der Waals surface area contributed by atoms with Crippen LogP contribution in [0.5, 0.6) is 11.5 Å². The van der Waals surface area contributed by atoms with Crippen molar-refractivity contribution in [1.82, 2.24) is 20.2 Å². The molecule has 3 fully saturated rings. The Morgan fingerprint density at radius 2 is 1.77 bits per heavy atom. The second-order valence-corrected chi connectivity index (χ2v) is 10.4. The number of halogens is 1. The highest BCUT2D eigenvalue weighted by Crippen LogP contribution is 2.45. The molecule has 2 aliphatic heterocycles. The predicted molar refractivity (Wildman–Crippen MR) is 136 cm³/mol. The van der Waals surface area contributed by atoms with E-state index in [2.05, 4.69) is 26.3 Å². The summed E-state index contributed by atoms with van der Waals surface area (Å²) in [6, 6.07) is 10.8. The number of methoxy groups -OCH3 is 2. The first-order valence-corrected chi connectivity index (χ1v) is 13.0. The lowest BCUT2D eigenvalue weighted by molar-refractivity contribution is 0.0557. The van der Waals surface area contributed by atoms with Crippen LogP contribution in [0.2, 0.25) is 0 Å². The highest BCUT2D eigenvalue weighted by atomic mass is 19.1. The van der Waals surface area contributed by atoms with Gasteiger partial charge in [0.2, 0.25) is 0 Å². The summed E-state index contributed by atoms with van der Waals surface area (Å²) in [5.41, 5.74) is 3.09. The van der Waals surface area contributed by atoms with E-state index >= 15 is 4.39 Å². The standard InChI is InChI=1S/C28H35FN4O2/c1-34-25-6-5-19(16-26(25)35-2)28-31-23-14-20(13-22(29)27(23)32-28)18-9-12-33(21-7-10-30-11-8-21)24(15-18)17-3-4-17/h5-6,13-14,16-18,21,24,30H,3-4,7-12,15H2,1-2H3,(H,31,32)/t18?,24-/m1/s1. The van der Waals surface area contributed by atoms with E-state index in [1.54, 1.807) is 20.3 Å². The molecule has 2 N–H and O–H groups in total. The number of H-pyrrole nitrogens is 1. The van der Waals surface area contributed by atoms with Crippen molar-refractivity contribution in [2.24, 2.45) is 5.92 Å². The number of aromatic amines is 1. The molecular formula is C28H35FN4O2. The number of hydrogen-bond donors (Lipinski definition) is 2. The molecule has 2 atom stereocenters. The zero-order chi connectivity index (χ0) is 23.9. The maximum atomic E-state index is 15.3. The van der Waals surface area contributed by atoms with Gasteiger partial charge < -0.3 is 19.8 Å². The third-order valence-corrected chi connectivity index (χ3v) is 8.32. The van der Waals surface area contributed by atoms with Crippen LogP contribution in [0.15, 0.2) is 30.3 Å². The Labute approximate surface area is 206 Å². The first-order chi connectivity index (χ1) is 17.1. The molecule has 3 aromatic rings. The maximum absolute atomic E-state index is 15.3. The molecule has 7 heteroatoms. The van der Waals surface area contributed by atoms with Crippen molar-refractivity contribution in [3.8, 4) is 22.9 Å². The van der Waals surface area contributed by atoms with Gasteiger partial charge in [-0.05, 0) is 106 Å². The van der Waals surface area contributed by atoms with Gasteiger partial charge in [-0.15, -0.1) is 0 Å². The Balaban J connectivity index is 1.27. The Kier molecular flexibility index (Phi) is 6.14. The SMILES string of the molecule is COc1ccc(-c2nc3c(F)cc(C4CCN(C5CCNCC5)[C@@H](C5CC5)C4)cc3[nH]2)cc1OC. The van der Waals surface area contributed by atoms with Crippen LogP contribution in [0.4, 0.5) is 4.39 Å². The lowest BCUT2D eigenvalue weighted by Gasteiger charge is -2.45. The molecule has 1 saturated carbocycles. The summed E-state index contributed by atoms with van der Waals surface area (Å²) in [6.07, 6.45) is 7.43. The van der Waals surface area contributed by atoms with Crippen molar-refractivity contribution in [1.29, 1.82) is 0 Å². The molecule has 2 aromatic carbocycles. The topological polar surface area (TPSA) is 62.4 Å². The van der Waals surface area contributed by atoms with E-state index in [4.69, 9.17) is 9.47 Å². The number of ether oxygens (including phenoxy) is 2. The number of imidazole rings is 1. The van der Waals surface area contributed by atoms with Crippen LogP contribution in [0, 0.1) is 11.7 Å². The second-order valence-electron chi connectivity index (χ2n) is 10.4. The third kappa shape index (κ3) is 4.40. The number of fused-ring (bicyclic) bond motifs is 1. The van der Waals surface area contributed by atoms with Crippen molar-refractivity contribution in [3.63, 3.8) is 0 Å². The van der Waals surface area contributed by atoms with E-state index in [1.807, 2.05) is 18.2 Å². The highest BCUT2D eigenvalue weighted by molar-refractivity contribution is 5.81. The molecule has 186 valence electrons. The smallest absolute Gasteiger partial charge is 0.161 e. The summed E-state index contributed by atoms with van der Waals surface area (Å²) in [6.45, 7) is 3.38. The molecule has 2 saturated heterocycles. The van der Waals surface area contributed by atoms with E-state index in [1.165, 1.54) is 25.7 Å². The molecular weight excluding hydrogens is 443 g/mol. The molecule has 0 amide bonds. The number of benzene rings is 2. The minimum absolute atomic E-state index is 0.246. The number of likely N-dealkylation sites (tertiary alicyclic amines) is 1. The monoisotopic (exact) mass is 478 g/mol. The molecule has 1 aromatic heterocycles. The zero-order valence-corrected chi connectivity index (χ0v) is 20.6. The number of aromatic nitrogens is 2. The molecule has 6 rings (SSSR count). The Bertz CT molecular complexity index is 1200. The van der Waals surface area contributed by atoms with Gasteiger partial charge in [0.25, 0.3) is 0 Å². The highest BCUT2D eigenvalue weighted by Gasteiger charge is 2.42. The van der Waals surface area contributed by atoms with Gasteiger partial charge >= 0.3 is 0 Å². The molecule has 0 radical (unpaired) electrons. The fraction of sp³-hybridized carbons (Fsp3) is 0.536. The number of hydrogen-bond acceptors (Lipinski definition) is 5. The van der Waals surface area contributed by atoms with E-state index in [9.17, 15) is 0 Å². The summed E-state index contributed by atoms with van der Waals surface area (Å²) < 4.78 is 26.1. The Morgan fingerprint density at radius 3 is 2.51 bits per heavy atom. The van der Waals surface area contributed by atoms with Crippen LogP contribution < -0.4 is 14.8 Å². The van der Waals surface area contributed by atoms with Crippen molar-refractivity contribution in [2.75, 3.05) is 33.9 Å². The van der Waals surface area contributed by atoms with E-state index in [0.29, 0.717) is 40.8 Å². The predicted octanol–water partition coefficient (Wildman–Crippen LogP) is 5.10. The fourth-order valence-electron chi connectivity index (χ4n) is 6.31. The van der Waals surface area contributed by atoms with Gasteiger partial charge in [0.05, 0.1) is 19.7 Å². The second kappa shape index (κ2) is 9.43. The van der Waals surface area contributed by atoms with E-state index < -0.39 is 0 Å². The first-order valence-electron chi connectivity index (χ1n) is 13.0. The normalized spacial score (nSPS) is 24.1. The molecule has 1 aliphatic carbocycles. The largest absolute Gasteiger partial charge is 0.493 e. The molecule has 1 unspecified atom stereocenters. The van der Waals surface area contributed by atoms with Gasteiger partial charge in [0.1, 0.15) is 11.3 Å². The van der Waals surface area contributed by atoms with Gasteiger partial charge in [-0.3, -0.25) is 4.90 Å². The van der Waals surface area contributed by atoms with Crippen molar-refractivity contribution in [3.05, 3.63) is 41.7 Å². The quantitative estimate of drug-likeness (QED) is 0.516. The van der Waals surface area contributed by atoms with E-state index in [0.717, 1.165) is 55.0 Å². The number of nitrogens with zero attached hydrogens (tertiary/aromatic N) is 2. The summed E-state index contributed by atoms with van der Waals surface area (Å²) in [5.74, 6) is 2.88. The van der Waals surface area contributed by atoms with Crippen LogP contribution in [0.25, 0.3) is 22.4 Å². The number of rotatable bonds is 6. The lowest BCUT2D eigenvalue weighted by Crippen LogP contribution is -2.52. The molecule has 0 bridgehead atoms. The minimum Gasteiger partial charge on any atom is -0.493 e. The summed E-state index contributed by atoms with van der Waals surface area (Å²) in [7, 11) is 3.22. The zero-order valence-electron chi connectivity index (χ0n) is 20.6. The van der Waals surface area contributed by atoms with Gasteiger partial charge in [0, 0.05) is 17.6 Å². The molecule has 35 heavy (non-hydrogen) atoms. The average Bonchev–Trinajstić information content (AvgIpc) is 3.66. The van der Waals surface area contributed by atoms with Crippen LogP contribution in [0.3, 0.4) is 0 Å². The molecule has 0 spiro atoms. The van der Waals surface area contributed by atoms with Gasteiger partial charge in [-0.1, -0.05) is 0 Å². The summed E-state index contributed by atoms with van der Waals surface area (Å²) >= 11 is 0. The third-order valence-electron chi connectivity index (χ3n) is 8.32. The summed E-state index contributed by atoms with van der Waals surface area (Å²) in [4.78, 5) is 10.8. The van der Waals surface area contributed by atoms with Crippen LogP contribution in [-0.2, 0) is 0 Å². The van der Waals surface area contributed by atoms with Crippen molar-refractivity contribution in [2.45, 2.75) is 56.5 Å². The molecule has 6 nitrogen and oxygen atoms in total. The van der Waals surface area contributed by atoms with Gasteiger partial charge in [0.15, 0.2) is 17.3 Å². The molecule has 3 heterocycles. The fourth-order valence-corrected chi connectivity index (χ4v) is 6.31. The van der Waals surface area contributed by atoms with Crippen LogP contribution in [-0.4, -0.2) is 60.8 Å². The summed E-state index contributed by atoms with van der Waals surface area (Å²) in [5, 5.41) is 3.51. The van der Waals surface area contributed by atoms with Crippen LogP contribution in [0.1, 0.15) is 50.0 Å². The van der Waals surface area contributed by atoms with E-state index in [-0.39, 0.29) is 5.82 Å². The number of piperidine rings is 2. The average molecular weight is 479 g/mol. The maximum Gasteiger partial charge on any atom is 0.161 e. The van der Waals surface area contributed by atoms with Gasteiger partial charge in [-0.2, -0.15) is 0 Å². The Morgan fingerprint density at radius 1 is 0.971 bits per heavy atom. The van der Waals surface area contributed by atoms with Crippen molar-refractivity contribution >= 4 is 11.0 Å². The first kappa shape index (κ1) is 22.8. The molecule has 3 aliphatic rings. The lowest BCUT2D eigenvalue weighted by atomic mass is 9.82.